The van der Waals surface area contributed by atoms with E-state index in [4.69, 9.17) is 11.6 Å². The Morgan fingerprint density at radius 1 is 1.07 bits per heavy atom. The lowest BCUT2D eigenvalue weighted by Gasteiger charge is -2.45. The second kappa shape index (κ2) is 11.0. The smallest absolute Gasteiger partial charge is 0.416 e. The van der Waals surface area contributed by atoms with E-state index >= 15 is 0 Å². The molecule has 1 aliphatic rings. The molecular formula is C27H23ClF6N4O4S. The van der Waals surface area contributed by atoms with Gasteiger partial charge in [-0.25, -0.2) is 4.79 Å². The quantitative estimate of drug-likeness (QED) is 0.314. The van der Waals surface area contributed by atoms with Crippen LogP contribution in [-0.2, 0) is 19.1 Å². The van der Waals surface area contributed by atoms with Crippen LogP contribution >= 0.6 is 22.9 Å². The number of hydrogen-bond donors (Lipinski definition) is 3. The number of nitrogens with zero attached hydrogens (tertiary/aromatic N) is 3. The Hall–Kier alpha value is -3.85. The largest absolute Gasteiger partial charge is 0.493 e. The number of halogens is 7. The summed E-state index contributed by atoms with van der Waals surface area (Å²) in [5, 5.41) is 30.2. The number of aromatic hydroxyl groups is 1. The molecule has 1 aliphatic heterocycles. The number of fused-ring (bicyclic) bond motifs is 1. The molecule has 0 aliphatic carbocycles. The standard InChI is InChI=1S/C27H23ClF6N4O4S/c1-24(2,3)25(27(32,33)34,36-22(40)41)12-38-21(39)20(43-23(38)42)17(13-5-7-19-15(8-13)11-35-37-19)9-14-4-6-16(28)10-18(14)26(29,30)31/h4-8,10-11,36,39H,9,12H2,1-3H3,(H,40,41). The molecule has 1 amide bonds. The number of amides is 1. The fraction of sp³-hybridized carbons (Fsp3) is 0.333. The second-order valence-corrected chi connectivity index (χ2v) is 12.2. The minimum absolute atomic E-state index is 0.0196. The fourth-order valence-corrected chi connectivity index (χ4v) is 5.89. The average Bonchev–Trinajstić information content (AvgIpc) is 3.44. The maximum absolute atomic E-state index is 14.6. The molecule has 0 spiro atoms. The van der Waals surface area contributed by atoms with Gasteiger partial charge in [0.15, 0.2) is 5.54 Å². The summed E-state index contributed by atoms with van der Waals surface area (Å²) in [6.45, 7) is 1.98. The van der Waals surface area contributed by atoms with Gasteiger partial charge in [0.1, 0.15) is 0 Å². The highest BCUT2D eigenvalue weighted by Gasteiger charge is 2.63. The Morgan fingerprint density at radius 2 is 1.74 bits per heavy atom. The molecule has 1 atom stereocenters. The van der Waals surface area contributed by atoms with E-state index in [2.05, 4.69) is 10.2 Å². The van der Waals surface area contributed by atoms with Crippen molar-refractivity contribution in [2.75, 3.05) is 0 Å². The molecule has 230 valence electrons. The van der Waals surface area contributed by atoms with Gasteiger partial charge < -0.3 is 15.5 Å². The summed E-state index contributed by atoms with van der Waals surface area (Å²) >= 11 is 6.13. The Kier molecular flexibility index (Phi) is 8.21. The van der Waals surface area contributed by atoms with Crippen LogP contribution in [0.15, 0.2) is 51.4 Å². The zero-order chi connectivity index (χ0) is 32.1. The Labute approximate surface area is 248 Å². The van der Waals surface area contributed by atoms with Gasteiger partial charge in [0, 0.05) is 17.0 Å². The summed E-state index contributed by atoms with van der Waals surface area (Å²) in [5.74, 6) is -0.976. The third-order valence-electron chi connectivity index (χ3n) is 7.11. The molecule has 1 aromatic heterocycles. The number of rotatable bonds is 6. The summed E-state index contributed by atoms with van der Waals surface area (Å²) in [4.78, 5) is 23.3. The summed E-state index contributed by atoms with van der Waals surface area (Å²) in [7, 11) is 0. The van der Waals surface area contributed by atoms with Crippen molar-refractivity contribution >= 4 is 40.8 Å². The van der Waals surface area contributed by atoms with Gasteiger partial charge >= 0.3 is 23.3 Å². The summed E-state index contributed by atoms with van der Waals surface area (Å²) in [6, 6.07) is 7.54. The first-order chi connectivity index (χ1) is 19.7. The van der Waals surface area contributed by atoms with E-state index in [1.165, 1.54) is 35.8 Å². The third kappa shape index (κ3) is 6.13. The predicted octanol–water partition coefficient (Wildman–Crippen LogP) is 5.31. The highest BCUT2D eigenvalue weighted by Crippen LogP contribution is 2.46. The van der Waals surface area contributed by atoms with Crippen molar-refractivity contribution in [2.45, 2.75) is 51.6 Å². The molecule has 3 N–H and O–H groups in total. The molecule has 0 saturated carbocycles. The fourth-order valence-electron chi connectivity index (χ4n) is 4.76. The van der Waals surface area contributed by atoms with E-state index in [0.29, 0.717) is 26.8 Å². The van der Waals surface area contributed by atoms with Gasteiger partial charge in [-0.1, -0.05) is 55.8 Å². The first kappa shape index (κ1) is 32.1. The number of carbonyl (C=O) groups is 1. The Balaban J connectivity index is 1.99. The Bertz CT molecular complexity index is 1790. The first-order valence-corrected chi connectivity index (χ1v) is 13.6. The molecule has 0 fully saturated rings. The normalized spacial score (nSPS) is 15.5. The zero-order valence-corrected chi connectivity index (χ0v) is 24.1. The number of carboxylic acid groups (broad SMARTS) is 1. The minimum Gasteiger partial charge on any atom is -0.493 e. The molecule has 43 heavy (non-hydrogen) atoms. The first-order valence-electron chi connectivity index (χ1n) is 12.4. The SMILES string of the molecule is CC(C)(C)C(Cn1c(O)c(C(Cc2ccc(Cl)cc2C(F)(F)F)=c2ccc3c(c2)C=NN=3)sc1=O)(NC(=O)O)C(F)(F)F. The van der Waals surface area contributed by atoms with E-state index < -0.39 is 58.7 Å². The maximum Gasteiger partial charge on any atom is 0.416 e. The lowest BCUT2D eigenvalue weighted by atomic mass is 9.72. The van der Waals surface area contributed by atoms with Crippen LogP contribution in [0.4, 0.5) is 31.1 Å². The monoisotopic (exact) mass is 648 g/mol. The average molecular weight is 649 g/mol. The molecule has 0 radical (unpaired) electrons. The van der Waals surface area contributed by atoms with Crippen molar-refractivity contribution in [3.8, 4) is 5.88 Å². The van der Waals surface area contributed by atoms with Gasteiger partial charge in [-0.3, -0.25) is 9.36 Å². The van der Waals surface area contributed by atoms with Gasteiger partial charge in [0.05, 0.1) is 28.6 Å². The van der Waals surface area contributed by atoms with Crippen LogP contribution in [0.1, 0.15) is 42.3 Å². The highest BCUT2D eigenvalue weighted by molar-refractivity contribution is 7.10. The number of aromatic nitrogens is 1. The Morgan fingerprint density at radius 3 is 2.33 bits per heavy atom. The lowest BCUT2D eigenvalue weighted by molar-refractivity contribution is -0.227. The van der Waals surface area contributed by atoms with Crippen LogP contribution in [0.3, 0.4) is 0 Å². The van der Waals surface area contributed by atoms with Crippen LogP contribution < -0.4 is 20.8 Å². The molecule has 1 unspecified atom stereocenters. The predicted molar refractivity (Wildman–Crippen MR) is 147 cm³/mol. The van der Waals surface area contributed by atoms with Crippen LogP contribution in [0.2, 0.25) is 5.02 Å². The van der Waals surface area contributed by atoms with Gasteiger partial charge in [-0.15, -0.1) is 0 Å². The molecule has 3 aromatic rings. The van der Waals surface area contributed by atoms with Crippen molar-refractivity contribution in [1.29, 1.82) is 0 Å². The van der Waals surface area contributed by atoms with Gasteiger partial charge in [0.2, 0.25) is 5.88 Å². The van der Waals surface area contributed by atoms with Crippen LogP contribution in [0.25, 0.3) is 5.57 Å². The molecule has 2 aromatic carbocycles. The number of benzene rings is 2. The molecule has 4 rings (SSSR count). The summed E-state index contributed by atoms with van der Waals surface area (Å²) in [6.07, 6.45) is -11.2. The molecule has 16 heteroatoms. The molecule has 2 heterocycles. The van der Waals surface area contributed by atoms with Crippen LogP contribution in [0.5, 0.6) is 5.88 Å². The van der Waals surface area contributed by atoms with E-state index in [1.54, 1.807) is 0 Å². The van der Waals surface area contributed by atoms with Crippen molar-refractivity contribution in [2.24, 2.45) is 15.6 Å². The van der Waals surface area contributed by atoms with E-state index in [1.807, 2.05) is 0 Å². The molecule has 0 saturated heterocycles. The maximum atomic E-state index is 14.6. The van der Waals surface area contributed by atoms with E-state index in [9.17, 15) is 46.1 Å². The number of thiazole rings is 1. The van der Waals surface area contributed by atoms with E-state index in [0.717, 1.165) is 32.9 Å². The topological polar surface area (TPSA) is 116 Å². The third-order valence-corrected chi connectivity index (χ3v) is 8.37. The van der Waals surface area contributed by atoms with Crippen LogP contribution in [0, 0.1) is 5.41 Å². The van der Waals surface area contributed by atoms with Crippen molar-refractivity contribution in [3.63, 3.8) is 0 Å². The number of nitrogens with one attached hydrogen (secondary N) is 1. The highest BCUT2D eigenvalue weighted by atomic mass is 35.5. The minimum atomic E-state index is -5.24. The second-order valence-electron chi connectivity index (χ2n) is 10.8. The van der Waals surface area contributed by atoms with Gasteiger partial charge in [0.25, 0.3) is 0 Å². The molecule has 8 nitrogen and oxygen atoms in total. The van der Waals surface area contributed by atoms with Crippen molar-refractivity contribution in [1.82, 2.24) is 9.88 Å². The van der Waals surface area contributed by atoms with Crippen LogP contribution in [-0.4, -0.2) is 38.8 Å². The summed E-state index contributed by atoms with van der Waals surface area (Å²) < 4.78 is 85.9. The molecule has 0 bridgehead atoms. The lowest BCUT2D eigenvalue weighted by Crippen LogP contribution is -2.68. The van der Waals surface area contributed by atoms with Crippen molar-refractivity contribution < 1.29 is 41.4 Å². The number of hydrogen-bond acceptors (Lipinski definition) is 6. The van der Waals surface area contributed by atoms with E-state index in [-0.39, 0.29) is 26.3 Å². The summed E-state index contributed by atoms with van der Waals surface area (Å²) in [5.41, 5.74) is -6.04. The van der Waals surface area contributed by atoms with Crippen molar-refractivity contribution in [3.05, 3.63) is 83.2 Å². The van der Waals surface area contributed by atoms with Gasteiger partial charge in [-0.05, 0) is 46.0 Å². The molecular weight excluding hydrogens is 626 g/mol. The van der Waals surface area contributed by atoms with Gasteiger partial charge in [-0.2, -0.15) is 36.5 Å². The number of alkyl halides is 6. The zero-order valence-electron chi connectivity index (χ0n) is 22.6.